The van der Waals surface area contributed by atoms with Gasteiger partial charge in [0.25, 0.3) is 0 Å². The van der Waals surface area contributed by atoms with Crippen molar-refractivity contribution in [2.24, 2.45) is 11.8 Å². The molecule has 2 heteroatoms. The van der Waals surface area contributed by atoms with Crippen LogP contribution in [0.4, 0.5) is 0 Å². The van der Waals surface area contributed by atoms with Crippen LogP contribution in [0.1, 0.15) is 33.6 Å². The predicted molar refractivity (Wildman–Crippen MR) is 62.5 cm³/mol. The second-order valence-corrected chi connectivity index (χ2v) is 4.81. The van der Waals surface area contributed by atoms with E-state index in [0.29, 0.717) is 0 Å². The SMILES string of the molecule is CCC(CC)N(C)C[C@@H]1CNC[C@H]1C. The Balaban J connectivity index is 2.34. The molecule has 1 saturated heterocycles. The molecule has 0 unspecified atom stereocenters. The van der Waals surface area contributed by atoms with Crippen LogP contribution in [0.2, 0.25) is 0 Å². The lowest BCUT2D eigenvalue weighted by molar-refractivity contribution is 0.187. The molecule has 0 aromatic heterocycles. The Kier molecular flexibility index (Phi) is 4.90. The Morgan fingerprint density at radius 3 is 2.36 bits per heavy atom. The van der Waals surface area contributed by atoms with Gasteiger partial charge in [-0.15, -0.1) is 0 Å². The summed E-state index contributed by atoms with van der Waals surface area (Å²) >= 11 is 0. The molecule has 0 aromatic rings. The summed E-state index contributed by atoms with van der Waals surface area (Å²) in [5.74, 6) is 1.72. The Hall–Kier alpha value is -0.0800. The first-order chi connectivity index (χ1) is 6.69. The molecule has 1 fully saturated rings. The van der Waals surface area contributed by atoms with Crippen molar-refractivity contribution in [1.29, 1.82) is 0 Å². The van der Waals surface area contributed by atoms with E-state index in [1.807, 2.05) is 0 Å². The molecule has 0 amide bonds. The van der Waals surface area contributed by atoms with Gasteiger partial charge in [0.15, 0.2) is 0 Å². The van der Waals surface area contributed by atoms with E-state index in [-0.39, 0.29) is 0 Å². The molecule has 84 valence electrons. The highest BCUT2D eigenvalue weighted by Gasteiger charge is 2.25. The van der Waals surface area contributed by atoms with E-state index in [9.17, 15) is 0 Å². The normalized spacial score (nSPS) is 27.9. The van der Waals surface area contributed by atoms with Gasteiger partial charge in [0.1, 0.15) is 0 Å². The van der Waals surface area contributed by atoms with Crippen molar-refractivity contribution in [2.45, 2.75) is 39.7 Å². The number of nitrogens with one attached hydrogen (secondary N) is 1. The summed E-state index contributed by atoms with van der Waals surface area (Å²) in [6, 6.07) is 0.780. The maximum Gasteiger partial charge on any atom is 0.00870 e. The average Bonchev–Trinajstić information content (AvgIpc) is 2.54. The van der Waals surface area contributed by atoms with Gasteiger partial charge in [0, 0.05) is 12.6 Å². The number of nitrogens with zero attached hydrogens (tertiary/aromatic N) is 1. The van der Waals surface area contributed by atoms with E-state index in [1.165, 1.54) is 32.5 Å². The quantitative estimate of drug-likeness (QED) is 0.726. The Morgan fingerprint density at radius 1 is 1.29 bits per heavy atom. The first kappa shape index (κ1) is 12.0. The van der Waals surface area contributed by atoms with Crippen molar-refractivity contribution in [3.05, 3.63) is 0 Å². The number of rotatable bonds is 5. The van der Waals surface area contributed by atoms with Gasteiger partial charge in [-0.3, -0.25) is 0 Å². The van der Waals surface area contributed by atoms with Crippen LogP contribution in [-0.2, 0) is 0 Å². The molecule has 0 spiro atoms. The van der Waals surface area contributed by atoms with Crippen molar-refractivity contribution in [3.63, 3.8) is 0 Å². The fourth-order valence-corrected chi connectivity index (χ4v) is 2.54. The highest BCUT2D eigenvalue weighted by molar-refractivity contribution is 4.81. The van der Waals surface area contributed by atoms with Crippen LogP contribution < -0.4 is 5.32 Å². The molecular weight excluding hydrogens is 172 g/mol. The molecule has 1 rings (SSSR count). The maximum absolute atomic E-state index is 3.48. The molecule has 1 N–H and O–H groups in total. The van der Waals surface area contributed by atoms with Crippen LogP contribution in [0.5, 0.6) is 0 Å². The maximum atomic E-state index is 3.48. The molecular formula is C12H26N2. The van der Waals surface area contributed by atoms with Crippen molar-refractivity contribution < 1.29 is 0 Å². The zero-order valence-electron chi connectivity index (χ0n) is 10.2. The second kappa shape index (κ2) is 5.72. The van der Waals surface area contributed by atoms with Gasteiger partial charge in [0.2, 0.25) is 0 Å². The van der Waals surface area contributed by atoms with Crippen molar-refractivity contribution in [2.75, 3.05) is 26.7 Å². The first-order valence-corrected chi connectivity index (χ1v) is 6.09. The van der Waals surface area contributed by atoms with E-state index in [2.05, 4.69) is 38.0 Å². The molecule has 2 nitrogen and oxygen atoms in total. The molecule has 0 saturated carbocycles. The third kappa shape index (κ3) is 2.96. The topological polar surface area (TPSA) is 15.3 Å². The number of hydrogen-bond donors (Lipinski definition) is 1. The smallest absolute Gasteiger partial charge is 0.00870 e. The molecule has 0 bridgehead atoms. The van der Waals surface area contributed by atoms with Crippen molar-refractivity contribution in [1.82, 2.24) is 10.2 Å². The van der Waals surface area contributed by atoms with E-state index in [0.717, 1.165) is 17.9 Å². The van der Waals surface area contributed by atoms with E-state index < -0.39 is 0 Å². The molecule has 1 aliphatic rings. The van der Waals surface area contributed by atoms with Gasteiger partial charge in [0.05, 0.1) is 0 Å². The van der Waals surface area contributed by atoms with Gasteiger partial charge in [-0.2, -0.15) is 0 Å². The van der Waals surface area contributed by atoms with Gasteiger partial charge < -0.3 is 10.2 Å². The van der Waals surface area contributed by atoms with Crippen molar-refractivity contribution in [3.8, 4) is 0 Å². The van der Waals surface area contributed by atoms with Crippen molar-refractivity contribution >= 4 is 0 Å². The lowest BCUT2D eigenvalue weighted by Gasteiger charge is -2.29. The van der Waals surface area contributed by atoms with Crippen LogP contribution in [0.3, 0.4) is 0 Å². The van der Waals surface area contributed by atoms with Crippen LogP contribution in [0.15, 0.2) is 0 Å². The molecule has 1 aliphatic heterocycles. The minimum Gasteiger partial charge on any atom is -0.316 e. The molecule has 14 heavy (non-hydrogen) atoms. The van der Waals surface area contributed by atoms with Gasteiger partial charge >= 0.3 is 0 Å². The summed E-state index contributed by atoms with van der Waals surface area (Å²) in [7, 11) is 2.28. The third-order valence-corrected chi connectivity index (χ3v) is 3.77. The van der Waals surface area contributed by atoms with Crippen LogP contribution >= 0.6 is 0 Å². The highest BCUT2D eigenvalue weighted by atomic mass is 15.1. The summed E-state index contributed by atoms with van der Waals surface area (Å²) in [6.07, 6.45) is 2.56. The summed E-state index contributed by atoms with van der Waals surface area (Å²) in [4.78, 5) is 2.55. The minimum absolute atomic E-state index is 0.780. The lowest BCUT2D eigenvalue weighted by Crippen LogP contribution is -2.36. The Morgan fingerprint density at radius 2 is 1.93 bits per heavy atom. The summed E-state index contributed by atoms with van der Waals surface area (Å²) in [5.41, 5.74) is 0. The highest BCUT2D eigenvalue weighted by Crippen LogP contribution is 2.18. The van der Waals surface area contributed by atoms with Crippen LogP contribution in [0, 0.1) is 11.8 Å². The average molecular weight is 198 g/mol. The zero-order chi connectivity index (χ0) is 10.6. The molecule has 1 heterocycles. The van der Waals surface area contributed by atoms with Crippen LogP contribution in [0.25, 0.3) is 0 Å². The van der Waals surface area contributed by atoms with E-state index in [4.69, 9.17) is 0 Å². The van der Waals surface area contributed by atoms with E-state index in [1.54, 1.807) is 0 Å². The lowest BCUT2D eigenvalue weighted by atomic mass is 9.96. The predicted octanol–water partition coefficient (Wildman–Crippen LogP) is 1.96. The molecule has 0 aromatic carbocycles. The summed E-state index contributed by atoms with van der Waals surface area (Å²) < 4.78 is 0. The van der Waals surface area contributed by atoms with E-state index >= 15 is 0 Å². The minimum atomic E-state index is 0.780. The molecule has 0 aliphatic carbocycles. The summed E-state index contributed by atoms with van der Waals surface area (Å²) in [5, 5.41) is 3.48. The zero-order valence-corrected chi connectivity index (χ0v) is 10.2. The van der Waals surface area contributed by atoms with Gasteiger partial charge in [-0.1, -0.05) is 20.8 Å². The Labute approximate surface area is 89.1 Å². The standard InChI is InChI=1S/C12H26N2/c1-5-12(6-2)14(4)9-11-8-13-7-10(11)3/h10-13H,5-9H2,1-4H3/t10-,11+/m1/s1. The Bertz CT molecular complexity index is 154. The third-order valence-electron chi connectivity index (χ3n) is 3.77. The first-order valence-electron chi connectivity index (χ1n) is 6.09. The molecule has 0 radical (unpaired) electrons. The largest absolute Gasteiger partial charge is 0.316 e. The fourth-order valence-electron chi connectivity index (χ4n) is 2.54. The number of hydrogen-bond acceptors (Lipinski definition) is 2. The summed E-state index contributed by atoms with van der Waals surface area (Å²) in [6.45, 7) is 10.6. The van der Waals surface area contributed by atoms with Gasteiger partial charge in [-0.05, 0) is 44.8 Å². The van der Waals surface area contributed by atoms with Crippen LogP contribution in [-0.4, -0.2) is 37.6 Å². The second-order valence-electron chi connectivity index (χ2n) is 4.81. The molecule has 2 atom stereocenters. The fraction of sp³-hybridized carbons (Fsp3) is 1.00. The van der Waals surface area contributed by atoms with Gasteiger partial charge in [-0.25, -0.2) is 0 Å². The monoisotopic (exact) mass is 198 g/mol.